The highest BCUT2D eigenvalue weighted by molar-refractivity contribution is 5.84. The minimum atomic E-state index is -0.0651. The Morgan fingerprint density at radius 1 is 1.25 bits per heavy atom. The number of hydrogen-bond donors (Lipinski definition) is 1. The Morgan fingerprint density at radius 2 is 1.75 bits per heavy atom. The molecule has 0 saturated heterocycles. The molecule has 2 heteroatoms. The van der Waals surface area contributed by atoms with Gasteiger partial charge in [-0.1, -0.05) is 20.8 Å². The van der Waals surface area contributed by atoms with E-state index < -0.39 is 0 Å². The highest BCUT2D eigenvalue weighted by Crippen LogP contribution is 2.47. The van der Waals surface area contributed by atoms with Crippen molar-refractivity contribution in [2.45, 2.75) is 72.3 Å². The summed E-state index contributed by atoms with van der Waals surface area (Å²) in [6, 6.07) is 0.235. The minimum Gasteiger partial charge on any atom is -0.327 e. The van der Waals surface area contributed by atoms with Crippen LogP contribution in [0.4, 0.5) is 0 Å². The van der Waals surface area contributed by atoms with Crippen molar-refractivity contribution < 1.29 is 4.79 Å². The standard InChI is InChI=1S/C14H27NO/c1-5-6-12(16)14(4)9-7-13(3,8-10-14)11(2)15/h11H,5-10,15H2,1-4H3. The summed E-state index contributed by atoms with van der Waals surface area (Å²) >= 11 is 0. The maximum Gasteiger partial charge on any atom is 0.138 e. The van der Waals surface area contributed by atoms with Gasteiger partial charge >= 0.3 is 0 Å². The van der Waals surface area contributed by atoms with E-state index in [0.29, 0.717) is 5.78 Å². The van der Waals surface area contributed by atoms with Crippen LogP contribution in [0.5, 0.6) is 0 Å². The summed E-state index contributed by atoms with van der Waals surface area (Å²) in [4.78, 5) is 12.1. The van der Waals surface area contributed by atoms with Crippen LogP contribution in [-0.2, 0) is 4.79 Å². The Balaban J connectivity index is 2.63. The third-order valence-corrected chi connectivity index (χ3v) is 4.75. The van der Waals surface area contributed by atoms with Gasteiger partial charge < -0.3 is 5.73 Å². The highest BCUT2D eigenvalue weighted by Gasteiger charge is 2.42. The molecule has 0 aromatic carbocycles. The minimum absolute atomic E-state index is 0.0651. The molecule has 16 heavy (non-hydrogen) atoms. The number of Topliss-reactive ketones (excluding diaryl/α,β-unsaturated/α-hetero) is 1. The Morgan fingerprint density at radius 3 is 2.12 bits per heavy atom. The molecule has 2 N–H and O–H groups in total. The van der Waals surface area contributed by atoms with Crippen molar-refractivity contribution in [3.63, 3.8) is 0 Å². The Labute approximate surface area is 100.0 Å². The van der Waals surface area contributed by atoms with Crippen molar-refractivity contribution in [2.75, 3.05) is 0 Å². The second kappa shape index (κ2) is 4.87. The molecule has 1 aliphatic carbocycles. The molecule has 0 heterocycles. The summed E-state index contributed by atoms with van der Waals surface area (Å²) in [5.74, 6) is 0.460. The summed E-state index contributed by atoms with van der Waals surface area (Å²) in [5.41, 5.74) is 6.22. The van der Waals surface area contributed by atoms with E-state index >= 15 is 0 Å². The summed E-state index contributed by atoms with van der Waals surface area (Å²) in [7, 11) is 0. The van der Waals surface area contributed by atoms with Gasteiger partial charge in [-0.25, -0.2) is 0 Å². The lowest BCUT2D eigenvalue weighted by Gasteiger charge is -2.44. The summed E-state index contributed by atoms with van der Waals surface area (Å²) in [6.45, 7) is 8.58. The van der Waals surface area contributed by atoms with Crippen LogP contribution in [0.15, 0.2) is 0 Å². The monoisotopic (exact) mass is 225 g/mol. The normalized spacial score (nSPS) is 37.1. The second-order valence-corrected chi connectivity index (χ2v) is 6.18. The van der Waals surface area contributed by atoms with Crippen molar-refractivity contribution in [2.24, 2.45) is 16.6 Å². The molecule has 2 nitrogen and oxygen atoms in total. The molecular weight excluding hydrogens is 198 g/mol. The molecule has 1 rings (SSSR count). The van der Waals surface area contributed by atoms with E-state index in [0.717, 1.165) is 38.5 Å². The molecule has 1 saturated carbocycles. The maximum atomic E-state index is 12.1. The first kappa shape index (κ1) is 13.7. The number of nitrogens with two attached hydrogens (primary N) is 1. The zero-order valence-corrected chi connectivity index (χ0v) is 11.3. The van der Waals surface area contributed by atoms with Crippen LogP contribution < -0.4 is 5.73 Å². The lowest BCUT2D eigenvalue weighted by Crippen LogP contribution is -2.44. The average Bonchev–Trinajstić information content (AvgIpc) is 2.23. The molecule has 94 valence electrons. The number of ketones is 1. The van der Waals surface area contributed by atoms with Crippen molar-refractivity contribution in [3.8, 4) is 0 Å². The van der Waals surface area contributed by atoms with E-state index in [-0.39, 0.29) is 16.9 Å². The molecule has 0 spiro atoms. The Bertz CT molecular complexity index is 249. The molecule has 1 atom stereocenters. The van der Waals surface area contributed by atoms with Crippen molar-refractivity contribution >= 4 is 5.78 Å². The molecule has 1 aliphatic rings. The van der Waals surface area contributed by atoms with Crippen LogP contribution in [-0.4, -0.2) is 11.8 Å². The van der Waals surface area contributed by atoms with Gasteiger partial charge in [0.15, 0.2) is 0 Å². The van der Waals surface area contributed by atoms with Gasteiger partial charge in [-0.05, 0) is 44.4 Å². The van der Waals surface area contributed by atoms with E-state index in [4.69, 9.17) is 5.73 Å². The van der Waals surface area contributed by atoms with Crippen molar-refractivity contribution in [3.05, 3.63) is 0 Å². The quantitative estimate of drug-likeness (QED) is 0.797. The van der Waals surface area contributed by atoms with E-state index in [1.807, 2.05) is 0 Å². The first-order valence-corrected chi connectivity index (χ1v) is 6.63. The molecule has 0 bridgehead atoms. The fourth-order valence-electron chi connectivity index (χ4n) is 2.64. The van der Waals surface area contributed by atoms with Gasteiger partial charge in [-0.3, -0.25) is 4.79 Å². The van der Waals surface area contributed by atoms with Gasteiger partial charge in [0.2, 0.25) is 0 Å². The first-order valence-electron chi connectivity index (χ1n) is 6.63. The summed E-state index contributed by atoms with van der Waals surface area (Å²) < 4.78 is 0. The largest absolute Gasteiger partial charge is 0.327 e. The zero-order chi connectivity index (χ0) is 12.4. The van der Waals surface area contributed by atoms with Gasteiger partial charge in [0.25, 0.3) is 0 Å². The molecule has 0 aromatic rings. The number of carbonyl (C=O) groups is 1. The molecule has 0 radical (unpaired) electrons. The third-order valence-electron chi connectivity index (χ3n) is 4.75. The fourth-order valence-corrected chi connectivity index (χ4v) is 2.64. The predicted molar refractivity (Wildman–Crippen MR) is 68.2 cm³/mol. The average molecular weight is 225 g/mol. The van der Waals surface area contributed by atoms with Crippen LogP contribution in [0, 0.1) is 10.8 Å². The molecule has 1 fully saturated rings. The smallest absolute Gasteiger partial charge is 0.138 e. The molecule has 0 amide bonds. The van der Waals surface area contributed by atoms with E-state index in [1.165, 1.54) is 0 Å². The van der Waals surface area contributed by atoms with Gasteiger partial charge in [0.1, 0.15) is 5.78 Å². The molecular formula is C14H27NO. The van der Waals surface area contributed by atoms with Crippen LogP contribution in [0.3, 0.4) is 0 Å². The Hall–Kier alpha value is -0.370. The molecule has 1 unspecified atom stereocenters. The van der Waals surface area contributed by atoms with Crippen LogP contribution in [0.1, 0.15) is 66.2 Å². The van der Waals surface area contributed by atoms with Crippen molar-refractivity contribution in [1.29, 1.82) is 0 Å². The van der Waals surface area contributed by atoms with Gasteiger partial charge in [0, 0.05) is 17.9 Å². The van der Waals surface area contributed by atoms with Gasteiger partial charge in [-0.15, -0.1) is 0 Å². The lowest BCUT2D eigenvalue weighted by atomic mass is 9.61. The van der Waals surface area contributed by atoms with E-state index in [2.05, 4.69) is 27.7 Å². The number of carbonyl (C=O) groups excluding carboxylic acids is 1. The van der Waals surface area contributed by atoms with Crippen LogP contribution in [0.25, 0.3) is 0 Å². The zero-order valence-electron chi connectivity index (χ0n) is 11.3. The van der Waals surface area contributed by atoms with E-state index in [9.17, 15) is 4.79 Å². The van der Waals surface area contributed by atoms with E-state index in [1.54, 1.807) is 0 Å². The summed E-state index contributed by atoms with van der Waals surface area (Å²) in [5, 5.41) is 0. The summed E-state index contributed by atoms with van der Waals surface area (Å²) in [6.07, 6.45) is 5.94. The first-order chi connectivity index (χ1) is 7.34. The van der Waals surface area contributed by atoms with Gasteiger partial charge in [-0.2, -0.15) is 0 Å². The van der Waals surface area contributed by atoms with Crippen LogP contribution >= 0.6 is 0 Å². The second-order valence-electron chi connectivity index (χ2n) is 6.18. The number of rotatable bonds is 4. The maximum absolute atomic E-state index is 12.1. The lowest BCUT2D eigenvalue weighted by molar-refractivity contribution is -0.131. The molecule has 0 aliphatic heterocycles. The predicted octanol–water partition coefficient (Wildman–Crippen LogP) is 3.29. The topological polar surface area (TPSA) is 43.1 Å². The number of hydrogen-bond acceptors (Lipinski definition) is 2. The highest BCUT2D eigenvalue weighted by atomic mass is 16.1. The Kier molecular flexibility index (Phi) is 4.17. The SMILES string of the molecule is CCCC(=O)C1(C)CCC(C)(C(C)N)CC1. The van der Waals surface area contributed by atoms with Gasteiger partial charge in [0.05, 0.1) is 0 Å². The molecule has 0 aromatic heterocycles. The fraction of sp³-hybridized carbons (Fsp3) is 0.929. The van der Waals surface area contributed by atoms with Crippen LogP contribution in [0.2, 0.25) is 0 Å². The van der Waals surface area contributed by atoms with Crippen molar-refractivity contribution in [1.82, 2.24) is 0 Å². The third kappa shape index (κ3) is 2.65.